The highest BCUT2D eigenvalue weighted by Gasteiger charge is 2.18. The van der Waals surface area contributed by atoms with E-state index in [0.29, 0.717) is 12.4 Å². The first kappa shape index (κ1) is 10.2. The maximum Gasteiger partial charge on any atom is 0.120 e. The van der Waals surface area contributed by atoms with Crippen molar-refractivity contribution in [3.63, 3.8) is 0 Å². The molecule has 1 heterocycles. The van der Waals surface area contributed by atoms with Gasteiger partial charge in [-0.15, -0.1) is 0 Å². The number of ether oxygens (including phenoxy) is 1. The first-order valence-electron chi connectivity index (χ1n) is 4.57. The molecule has 1 fully saturated rings. The quantitative estimate of drug-likeness (QED) is 0.775. The van der Waals surface area contributed by atoms with E-state index in [1.54, 1.807) is 6.07 Å². The Morgan fingerprint density at radius 1 is 1.50 bits per heavy atom. The van der Waals surface area contributed by atoms with Crippen molar-refractivity contribution in [2.24, 2.45) is 0 Å². The molecule has 76 valence electrons. The highest BCUT2D eigenvalue weighted by molar-refractivity contribution is 14.1. The predicted molar refractivity (Wildman–Crippen MR) is 62.4 cm³/mol. The van der Waals surface area contributed by atoms with Crippen molar-refractivity contribution >= 4 is 22.6 Å². The minimum Gasteiger partial charge on any atom is -0.508 e. The van der Waals surface area contributed by atoms with E-state index in [1.165, 1.54) is 0 Å². The molecule has 14 heavy (non-hydrogen) atoms. The maximum absolute atomic E-state index is 9.69. The molecular formula is C10H12INO2. The van der Waals surface area contributed by atoms with Crippen LogP contribution in [-0.2, 0) is 4.74 Å². The van der Waals surface area contributed by atoms with E-state index in [-0.39, 0.29) is 6.04 Å². The summed E-state index contributed by atoms with van der Waals surface area (Å²) in [5.41, 5.74) is 0.927. The molecule has 0 amide bonds. The number of phenolic OH excluding ortho intramolecular Hbond substituents is 1. The van der Waals surface area contributed by atoms with E-state index in [9.17, 15) is 5.11 Å². The molecule has 1 atom stereocenters. The van der Waals surface area contributed by atoms with Crippen LogP contribution in [0.25, 0.3) is 0 Å². The van der Waals surface area contributed by atoms with Gasteiger partial charge in [0.1, 0.15) is 5.75 Å². The Labute approximate surface area is 96.6 Å². The number of phenols is 1. The predicted octanol–water partition coefficient (Wildman–Crippen LogP) is 1.66. The second-order valence-electron chi connectivity index (χ2n) is 3.28. The summed E-state index contributed by atoms with van der Waals surface area (Å²) < 4.78 is 6.48. The van der Waals surface area contributed by atoms with Gasteiger partial charge in [-0.2, -0.15) is 0 Å². The molecule has 1 saturated heterocycles. The molecule has 2 rings (SSSR count). The SMILES string of the molecule is Oc1ccc(I)cc1[C@H]1COCCN1. The van der Waals surface area contributed by atoms with Gasteiger partial charge >= 0.3 is 0 Å². The molecular weight excluding hydrogens is 293 g/mol. The Balaban J connectivity index is 2.24. The first-order chi connectivity index (χ1) is 6.77. The molecule has 3 nitrogen and oxygen atoms in total. The van der Waals surface area contributed by atoms with Gasteiger partial charge in [-0.1, -0.05) is 0 Å². The Bertz CT molecular complexity index is 324. The lowest BCUT2D eigenvalue weighted by molar-refractivity contribution is 0.0761. The van der Waals surface area contributed by atoms with E-state index in [4.69, 9.17) is 4.74 Å². The van der Waals surface area contributed by atoms with E-state index in [0.717, 1.165) is 22.3 Å². The van der Waals surface area contributed by atoms with Gasteiger partial charge in [0.15, 0.2) is 0 Å². The van der Waals surface area contributed by atoms with Gasteiger partial charge in [0.25, 0.3) is 0 Å². The van der Waals surface area contributed by atoms with E-state index < -0.39 is 0 Å². The molecule has 0 radical (unpaired) electrons. The summed E-state index contributed by atoms with van der Waals surface area (Å²) in [4.78, 5) is 0. The number of rotatable bonds is 1. The maximum atomic E-state index is 9.69. The van der Waals surface area contributed by atoms with Gasteiger partial charge in [0, 0.05) is 15.7 Å². The van der Waals surface area contributed by atoms with E-state index >= 15 is 0 Å². The van der Waals surface area contributed by atoms with Crippen molar-refractivity contribution in [3.05, 3.63) is 27.3 Å². The van der Waals surface area contributed by atoms with Crippen LogP contribution in [0.1, 0.15) is 11.6 Å². The van der Waals surface area contributed by atoms with Crippen molar-refractivity contribution in [1.29, 1.82) is 0 Å². The highest BCUT2D eigenvalue weighted by atomic mass is 127. The Hall–Kier alpha value is -0.330. The molecule has 0 spiro atoms. The summed E-state index contributed by atoms with van der Waals surface area (Å²) in [6.07, 6.45) is 0. The first-order valence-corrected chi connectivity index (χ1v) is 5.65. The summed E-state index contributed by atoms with van der Waals surface area (Å²) in [5, 5.41) is 13.0. The van der Waals surface area contributed by atoms with Gasteiger partial charge in [0.2, 0.25) is 0 Å². The molecule has 4 heteroatoms. The van der Waals surface area contributed by atoms with Crippen LogP contribution < -0.4 is 5.32 Å². The standard InChI is InChI=1S/C10H12INO2/c11-7-1-2-10(13)8(5-7)9-6-14-4-3-12-9/h1-2,5,9,12-13H,3-4,6H2/t9-/m1/s1. The third kappa shape index (κ3) is 2.18. The zero-order valence-corrected chi connectivity index (χ0v) is 9.82. The Morgan fingerprint density at radius 3 is 3.07 bits per heavy atom. The van der Waals surface area contributed by atoms with Crippen molar-refractivity contribution in [3.8, 4) is 5.75 Å². The monoisotopic (exact) mass is 305 g/mol. The number of nitrogens with one attached hydrogen (secondary N) is 1. The van der Waals surface area contributed by atoms with Crippen molar-refractivity contribution in [2.45, 2.75) is 6.04 Å². The molecule has 0 saturated carbocycles. The zero-order chi connectivity index (χ0) is 9.97. The fraction of sp³-hybridized carbons (Fsp3) is 0.400. The van der Waals surface area contributed by atoms with Gasteiger partial charge in [-0.25, -0.2) is 0 Å². The van der Waals surface area contributed by atoms with E-state index in [1.807, 2.05) is 12.1 Å². The lowest BCUT2D eigenvalue weighted by Crippen LogP contribution is -2.34. The Morgan fingerprint density at radius 2 is 2.36 bits per heavy atom. The summed E-state index contributed by atoms with van der Waals surface area (Å²) >= 11 is 2.24. The Kier molecular flexibility index (Phi) is 3.25. The van der Waals surface area contributed by atoms with Crippen molar-refractivity contribution in [2.75, 3.05) is 19.8 Å². The van der Waals surface area contributed by atoms with Crippen LogP contribution in [-0.4, -0.2) is 24.9 Å². The average Bonchev–Trinajstić information content (AvgIpc) is 2.23. The second-order valence-corrected chi connectivity index (χ2v) is 4.53. The summed E-state index contributed by atoms with van der Waals surface area (Å²) in [7, 11) is 0. The molecule has 1 aliphatic rings. The average molecular weight is 305 g/mol. The van der Waals surface area contributed by atoms with Gasteiger partial charge in [-0.3, -0.25) is 0 Å². The minimum atomic E-state index is 0.124. The largest absolute Gasteiger partial charge is 0.508 e. The number of halogens is 1. The lowest BCUT2D eigenvalue weighted by atomic mass is 10.1. The number of morpholine rings is 1. The van der Waals surface area contributed by atoms with Gasteiger partial charge in [-0.05, 0) is 40.8 Å². The molecule has 0 unspecified atom stereocenters. The van der Waals surface area contributed by atoms with Gasteiger partial charge in [0.05, 0.1) is 19.3 Å². The molecule has 0 bridgehead atoms. The summed E-state index contributed by atoms with van der Waals surface area (Å²) in [5.74, 6) is 0.341. The normalized spacial score (nSPS) is 22.2. The third-order valence-electron chi connectivity index (χ3n) is 2.29. The van der Waals surface area contributed by atoms with Crippen LogP contribution in [0, 0.1) is 3.57 Å². The van der Waals surface area contributed by atoms with Crippen LogP contribution in [0.3, 0.4) is 0 Å². The zero-order valence-electron chi connectivity index (χ0n) is 7.66. The van der Waals surface area contributed by atoms with Crippen LogP contribution in [0.2, 0.25) is 0 Å². The third-order valence-corrected chi connectivity index (χ3v) is 2.96. The molecule has 1 aromatic rings. The fourth-order valence-corrected chi connectivity index (χ4v) is 2.08. The molecule has 0 aromatic heterocycles. The van der Waals surface area contributed by atoms with Crippen molar-refractivity contribution < 1.29 is 9.84 Å². The highest BCUT2D eigenvalue weighted by Crippen LogP contribution is 2.27. The number of benzene rings is 1. The van der Waals surface area contributed by atoms with Crippen molar-refractivity contribution in [1.82, 2.24) is 5.32 Å². The fourth-order valence-electron chi connectivity index (χ4n) is 1.57. The summed E-state index contributed by atoms with van der Waals surface area (Å²) in [6.45, 7) is 2.23. The smallest absolute Gasteiger partial charge is 0.120 e. The molecule has 2 N–H and O–H groups in total. The van der Waals surface area contributed by atoms with Crippen LogP contribution in [0.15, 0.2) is 18.2 Å². The number of hydrogen-bond donors (Lipinski definition) is 2. The molecule has 1 aliphatic heterocycles. The topological polar surface area (TPSA) is 41.5 Å². The van der Waals surface area contributed by atoms with Crippen LogP contribution in [0.5, 0.6) is 5.75 Å². The number of hydrogen-bond acceptors (Lipinski definition) is 3. The van der Waals surface area contributed by atoms with E-state index in [2.05, 4.69) is 27.9 Å². The lowest BCUT2D eigenvalue weighted by Gasteiger charge is -2.24. The second kappa shape index (κ2) is 4.46. The van der Waals surface area contributed by atoms with Gasteiger partial charge < -0.3 is 15.2 Å². The minimum absolute atomic E-state index is 0.124. The summed E-state index contributed by atoms with van der Waals surface area (Å²) in [6, 6.07) is 5.73. The number of aromatic hydroxyl groups is 1. The van der Waals surface area contributed by atoms with Crippen LogP contribution >= 0.6 is 22.6 Å². The van der Waals surface area contributed by atoms with Crippen LogP contribution in [0.4, 0.5) is 0 Å². The molecule has 1 aromatic carbocycles. The molecule has 0 aliphatic carbocycles.